The lowest BCUT2D eigenvalue weighted by Crippen LogP contribution is -1.99. The fourth-order valence-corrected chi connectivity index (χ4v) is 2.51. The maximum absolute atomic E-state index is 13.4. The first kappa shape index (κ1) is 12.7. The summed E-state index contributed by atoms with van der Waals surface area (Å²) in [6, 6.07) is 10.5. The second-order valence-electron chi connectivity index (χ2n) is 4.89. The molecule has 0 aliphatic heterocycles. The van der Waals surface area contributed by atoms with E-state index in [1.54, 1.807) is 6.07 Å². The molecular formula is C16H16FN3. The van der Waals surface area contributed by atoms with Crippen LogP contribution < -0.4 is 5.73 Å². The van der Waals surface area contributed by atoms with Gasteiger partial charge in [-0.2, -0.15) is 0 Å². The summed E-state index contributed by atoms with van der Waals surface area (Å²) in [6.07, 6.45) is 0. The van der Waals surface area contributed by atoms with E-state index in [2.05, 4.69) is 16.5 Å². The molecule has 0 fully saturated rings. The first-order valence-corrected chi connectivity index (χ1v) is 6.62. The van der Waals surface area contributed by atoms with Crippen molar-refractivity contribution in [1.82, 2.24) is 9.55 Å². The number of anilines is 1. The monoisotopic (exact) mass is 269 g/mol. The van der Waals surface area contributed by atoms with E-state index < -0.39 is 0 Å². The molecule has 0 atom stereocenters. The first-order valence-electron chi connectivity index (χ1n) is 6.62. The average Bonchev–Trinajstić information content (AvgIpc) is 2.78. The van der Waals surface area contributed by atoms with Crippen LogP contribution in [0.25, 0.3) is 22.4 Å². The molecule has 0 saturated heterocycles. The van der Waals surface area contributed by atoms with Crippen molar-refractivity contribution in [3.05, 3.63) is 47.8 Å². The Morgan fingerprint density at radius 1 is 1.20 bits per heavy atom. The van der Waals surface area contributed by atoms with Crippen molar-refractivity contribution in [2.75, 3.05) is 5.73 Å². The third kappa shape index (κ3) is 1.93. The maximum Gasteiger partial charge on any atom is 0.141 e. The van der Waals surface area contributed by atoms with E-state index in [0.29, 0.717) is 11.2 Å². The van der Waals surface area contributed by atoms with Gasteiger partial charge in [-0.15, -0.1) is 0 Å². The molecule has 3 rings (SSSR count). The summed E-state index contributed by atoms with van der Waals surface area (Å²) in [5, 5.41) is 0. The van der Waals surface area contributed by atoms with Gasteiger partial charge in [-0.25, -0.2) is 9.37 Å². The standard InChI is InChI=1S/C16H16FN3/c1-3-20-15-7-5-11(17)8-14(15)19-16(20)13-9-12(18)6-4-10(13)2/h4-9H,3,18H2,1-2H3. The summed E-state index contributed by atoms with van der Waals surface area (Å²) in [7, 11) is 0. The molecule has 0 saturated carbocycles. The molecule has 1 heterocycles. The largest absolute Gasteiger partial charge is 0.399 e. The minimum atomic E-state index is -0.269. The summed E-state index contributed by atoms with van der Waals surface area (Å²) in [5.41, 5.74) is 10.3. The van der Waals surface area contributed by atoms with E-state index in [4.69, 9.17) is 5.73 Å². The Hall–Kier alpha value is -2.36. The highest BCUT2D eigenvalue weighted by atomic mass is 19.1. The molecule has 0 radical (unpaired) electrons. The Bertz CT molecular complexity index is 790. The molecule has 0 spiro atoms. The second-order valence-corrected chi connectivity index (χ2v) is 4.89. The van der Waals surface area contributed by atoms with Gasteiger partial charge in [0.1, 0.15) is 11.6 Å². The lowest BCUT2D eigenvalue weighted by atomic mass is 10.1. The zero-order valence-corrected chi connectivity index (χ0v) is 11.5. The highest BCUT2D eigenvalue weighted by molar-refractivity contribution is 5.82. The number of benzene rings is 2. The van der Waals surface area contributed by atoms with Crippen LogP contribution in [0.5, 0.6) is 0 Å². The van der Waals surface area contributed by atoms with Crippen LogP contribution in [0.1, 0.15) is 12.5 Å². The van der Waals surface area contributed by atoms with Gasteiger partial charge >= 0.3 is 0 Å². The molecule has 2 aromatic carbocycles. The molecule has 4 heteroatoms. The van der Waals surface area contributed by atoms with Gasteiger partial charge in [0.2, 0.25) is 0 Å². The Labute approximate surface area is 116 Å². The number of aromatic nitrogens is 2. The van der Waals surface area contributed by atoms with Gasteiger partial charge in [-0.05, 0) is 43.7 Å². The van der Waals surface area contributed by atoms with Gasteiger partial charge in [-0.3, -0.25) is 0 Å². The number of rotatable bonds is 2. The Kier molecular flexibility index (Phi) is 2.93. The number of fused-ring (bicyclic) bond motifs is 1. The van der Waals surface area contributed by atoms with Crippen LogP contribution in [0.4, 0.5) is 10.1 Å². The Balaban J connectivity index is 2.32. The van der Waals surface area contributed by atoms with E-state index in [0.717, 1.165) is 29.0 Å². The Morgan fingerprint density at radius 3 is 2.75 bits per heavy atom. The topological polar surface area (TPSA) is 43.8 Å². The molecular weight excluding hydrogens is 253 g/mol. The third-order valence-electron chi connectivity index (χ3n) is 3.53. The van der Waals surface area contributed by atoms with Crippen LogP contribution in [-0.4, -0.2) is 9.55 Å². The number of hydrogen-bond donors (Lipinski definition) is 1. The number of nitrogen functional groups attached to an aromatic ring is 1. The van der Waals surface area contributed by atoms with Gasteiger partial charge in [0, 0.05) is 23.9 Å². The van der Waals surface area contributed by atoms with Gasteiger partial charge in [0.05, 0.1) is 11.0 Å². The zero-order valence-electron chi connectivity index (χ0n) is 11.5. The highest BCUT2D eigenvalue weighted by Crippen LogP contribution is 2.29. The van der Waals surface area contributed by atoms with E-state index in [1.807, 2.05) is 25.1 Å². The molecule has 0 aliphatic carbocycles. The van der Waals surface area contributed by atoms with E-state index in [1.165, 1.54) is 12.1 Å². The van der Waals surface area contributed by atoms with Crippen LogP contribution in [0.15, 0.2) is 36.4 Å². The average molecular weight is 269 g/mol. The SMILES string of the molecule is CCn1c(-c2cc(N)ccc2C)nc2cc(F)ccc21. The van der Waals surface area contributed by atoms with E-state index in [9.17, 15) is 4.39 Å². The van der Waals surface area contributed by atoms with Gasteiger partial charge in [0.15, 0.2) is 0 Å². The maximum atomic E-state index is 13.4. The molecule has 3 aromatic rings. The normalized spacial score (nSPS) is 11.2. The molecule has 0 amide bonds. The van der Waals surface area contributed by atoms with Crippen molar-refractivity contribution in [3.63, 3.8) is 0 Å². The molecule has 0 unspecified atom stereocenters. The van der Waals surface area contributed by atoms with Crippen molar-refractivity contribution >= 4 is 16.7 Å². The number of nitrogens with zero attached hydrogens (tertiary/aromatic N) is 2. The van der Waals surface area contributed by atoms with Crippen molar-refractivity contribution < 1.29 is 4.39 Å². The van der Waals surface area contributed by atoms with Gasteiger partial charge < -0.3 is 10.3 Å². The fraction of sp³-hybridized carbons (Fsp3) is 0.188. The molecule has 102 valence electrons. The molecule has 3 nitrogen and oxygen atoms in total. The summed E-state index contributed by atoms with van der Waals surface area (Å²) in [4.78, 5) is 4.58. The zero-order chi connectivity index (χ0) is 14.3. The number of aryl methyl sites for hydroxylation is 2. The number of hydrogen-bond acceptors (Lipinski definition) is 2. The van der Waals surface area contributed by atoms with Crippen molar-refractivity contribution in [2.24, 2.45) is 0 Å². The van der Waals surface area contributed by atoms with Crippen LogP contribution >= 0.6 is 0 Å². The second kappa shape index (κ2) is 4.63. The predicted molar refractivity (Wildman–Crippen MR) is 80.0 cm³/mol. The summed E-state index contributed by atoms with van der Waals surface area (Å²) in [5.74, 6) is 0.562. The molecule has 2 N–H and O–H groups in total. The quantitative estimate of drug-likeness (QED) is 0.720. The van der Waals surface area contributed by atoms with Crippen molar-refractivity contribution in [2.45, 2.75) is 20.4 Å². The van der Waals surface area contributed by atoms with Gasteiger partial charge in [-0.1, -0.05) is 6.07 Å². The lowest BCUT2D eigenvalue weighted by molar-refractivity contribution is 0.629. The highest BCUT2D eigenvalue weighted by Gasteiger charge is 2.14. The van der Waals surface area contributed by atoms with E-state index >= 15 is 0 Å². The Morgan fingerprint density at radius 2 is 2.00 bits per heavy atom. The smallest absolute Gasteiger partial charge is 0.141 e. The first-order chi connectivity index (χ1) is 9.60. The predicted octanol–water partition coefficient (Wildman–Crippen LogP) is 3.75. The van der Waals surface area contributed by atoms with Crippen LogP contribution in [0.3, 0.4) is 0 Å². The van der Waals surface area contributed by atoms with Crippen LogP contribution in [-0.2, 0) is 6.54 Å². The molecule has 20 heavy (non-hydrogen) atoms. The van der Waals surface area contributed by atoms with Crippen molar-refractivity contribution in [3.8, 4) is 11.4 Å². The minimum absolute atomic E-state index is 0.269. The number of nitrogens with two attached hydrogens (primary N) is 1. The van der Waals surface area contributed by atoms with Gasteiger partial charge in [0.25, 0.3) is 0 Å². The number of halogens is 1. The van der Waals surface area contributed by atoms with Crippen LogP contribution in [0, 0.1) is 12.7 Å². The lowest BCUT2D eigenvalue weighted by Gasteiger charge is -2.09. The summed E-state index contributed by atoms with van der Waals surface area (Å²) in [6.45, 7) is 4.84. The minimum Gasteiger partial charge on any atom is -0.399 e. The fourth-order valence-electron chi connectivity index (χ4n) is 2.51. The summed E-state index contributed by atoms with van der Waals surface area (Å²) >= 11 is 0. The van der Waals surface area contributed by atoms with Crippen molar-refractivity contribution in [1.29, 1.82) is 0 Å². The molecule has 0 aliphatic rings. The van der Waals surface area contributed by atoms with E-state index in [-0.39, 0.29) is 5.82 Å². The molecule has 1 aromatic heterocycles. The van der Waals surface area contributed by atoms with Crippen LogP contribution in [0.2, 0.25) is 0 Å². The third-order valence-corrected chi connectivity index (χ3v) is 3.53. The molecule has 0 bridgehead atoms. The summed E-state index contributed by atoms with van der Waals surface area (Å²) < 4.78 is 15.4. The number of imidazole rings is 1.